The molecule has 0 atom stereocenters. The van der Waals surface area contributed by atoms with Crippen molar-refractivity contribution in [2.24, 2.45) is 0 Å². The van der Waals surface area contributed by atoms with Crippen molar-refractivity contribution in [3.8, 4) is 0 Å². The summed E-state index contributed by atoms with van der Waals surface area (Å²) in [5, 5.41) is 1.26. The second-order valence-electron chi connectivity index (χ2n) is 3.40. The van der Waals surface area contributed by atoms with Gasteiger partial charge in [-0.3, -0.25) is 0 Å². The Balaban J connectivity index is 3.20. The lowest BCUT2D eigenvalue weighted by molar-refractivity contribution is 0.628. The van der Waals surface area contributed by atoms with E-state index in [2.05, 4.69) is 42.3 Å². The third kappa shape index (κ3) is 2.18. The summed E-state index contributed by atoms with van der Waals surface area (Å²) in [6.45, 7) is 8.07. The van der Waals surface area contributed by atoms with Gasteiger partial charge in [0.25, 0.3) is 0 Å². The van der Waals surface area contributed by atoms with Gasteiger partial charge in [0.05, 0.1) is 0 Å². The smallest absolute Gasteiger partial charge is 0.230 e. The molecule has 1 rings (SSSR count). The van der Waals surface area contributed by atoms with Crippen LogP contribution in [0.15, 0.2) is 30.8 Å². The van der Waals surface area contributed by atoms with Gasteiger partial charge < -0.3 is 4.12 Å². The predicted octanol–water partition coefficient (Wildman–Crippen LogP) is 1.84. The van der Waals surface area contributed by atoms with Gasteiger partial charge in [-0.1, -0.05) is 36.9 Å². The first-order valence-electron chi connectivity index (χ1n) is 4.18. The van der Waals surface area contributed by atoms with Crippen LogP contribution in [0.25, 0.3) is 6.08 Å². The zero-order valence-electron chi connectivity index (χ0n) is 8.00. The highest BCUT2D eigenvalue weighted by atomic mass is 28.4. The molecule has 0 aromatic heterocycles. The number of hydrogen-bond acceptors (Lipinski definition) is 1. The van der Waals surface area contributed by atoms with E-state index in [0.717, 1.165) is 5.56 Å². The van der Waals surface area contributed by atoms with Crippen LogP contribution in [0.1, 0.15) is 5.56 Å². The van der Waals surface area contributed by atoms with Crippen LogP contribution >= 0.6 is 0 Å². The molecule has 1 aromatic carbocycles. The van der Waals surface area contributed by atoms with Crippen molar-refractivity contribution in [2.75, 3.05) is 0 Å². The molecular weight excluding hydrogens is 192 g/mol. The van der Waals surface area contributed by atoms with E-state index in [1.54, 1.807) is 0 Å². The number of hydrogen-bond donors (Lipinski definition) is 0. The summed E-state index contributed by atoms with van der Waals surface area (Å²) in [7, 11) is 1.37. The van der Waals surface area contributed by atoms with Crippen LogP contribution in [-0.4, -0.2) is 18.8 Å². The molecular formula is C10H13OSi2. The summed E-state index contributed by atoms with van der Waals surface area (Å²) in [4.78, 5) is 0. The van der Waals surface area contributed by atoms with E-state index >= 15 is 0 Å². The molecule has 3 heteroatoms. The summed E-state index contributed by atoms with van der Waals surface area (Å²) in [6.07, 6.45) is 1.87. The molecule has 0 heterocycles. The average Bonchev–Trinajstić information content (AvgIpc) is 2.18. The highest BCUT2D eigenvalue weighted by Gasteiger charge is 2.24. The van der Waals surface area contributed by atoms with E-state index in [-0.39, 0.29) is 0 Å². The van der Waals surface area contributed by atoms with E-state index < -0.39 is 8.32 Å². The number of benzene rings is 1. The summed E-state index contributed by atoms with van der Waals surface area (Å²) >= 11 is 0. The lowest BCUT2D eigenvalue weighted by atomic mass is 10.2. The third-order valence-corrected chi connectivity index (χ3v) is 5.88. The largest absolute Gasteiger partial charge is 0.454 e. The monoisotopic (exact) mass is 205 g/mol. The molecule has 0 saturated heterocycles. The van der Waals surface area contributed by atoms with Crippen molar-refractivity contribution < 1.29 is 4.12 Å². The van der Waals surface area contributed by atoms with Crippen LogP contribution in [0.5, 0.6) is 0 Å². The van der Waals surface area contributed by atoms with E-state index in [4.69, 9.17) is 4.12 Å². The zero-order chi connectivity index (χ0) is 9.90. The van der Waals surface area contributed by atoms with Gasteiger partial charge in [0.2, 0.25) is 18.8 Å². The minimum atomic E-state index is -1.78. The fourth-order valence-electron chi connectivity index (χ4n) is 1.28. The van der Waals surface area contributed by atoms with E-state index in [1.807, 2.05) is 18.2 Å². The van der Waals surface area contributed by atoms with Crippen LogP contribution in [0.4, 0.5) is 0 Å². The molecule has 0 N–H and O–H groups in total. The Bertz CT molecular complexity index is 308. The first-order valence-corrected chi connectivity index (χ1v) is 7.50. The van der Waals surface area contributed by atoms with Gasteiger partial charge in [-0.05, 0) is 23.8 Å². The molecule has 0 bridgehead atoms. The third-order valence-electron chi connectivity index (χ3n) is 2.08. The normalized spacial score (nSPS) is 11.3. The Labute approximate surface area is 84.1 Å². The molecule has 67 valence electrons. The molecule has 1 nitrogen and oxygen atoms in total. The zero-order valence-corrected chi connectivity index (χ0v) is 10.0. The van der Waals surface area contributed by atoms with E-state index in [9.17, 15) is 0 Å². The molecule has 0 amide bonds. The standard InChI is InChI=1S/C10H13OSi2/c1-4-9-7-5-6-8-10(9)13(2,3)11-12/h4-8H,1H2,2-3H3. The Morgan fingerprint density at radius 1 is 1.38 bits per heavy atom. The SMILES string of the molecule is C=Cc1ccccc1[Si](C)(C)O[Si]. The summed E-state index contributed by atoms with van der Waals surface area (Å²) < 4.78 is 5.36. The van der Waals surface area contributed by atoms with Gasteiger partial charge >= 0.3 is 0 Å². The summed E-state index contributed by atoms with van der Waals surface area (Å²) in [5.41, 5.74) is 1.16. The van der Waals surface area contributed by atoms with Crippen LogP contribution in [0, 0.1) is 0 Å². The van der Waals surface area contributed by atoms with Crippen LogP contribution in [0.2, 0.25) is 13.1 Å². The average molecular weight is 205 g/mol. The Hall–Kier alpha value is -0.646. The highest BCUT2D eigenvalue weighted by molar-refractivity contribution is 6.86. The van der Waals surface area contributed by atoms with Crippen LogP contribution in [0.3, 0.4) is 0 Å². The fraction of sp³-hybridized carbons (Fsp3) is 0.200. The minimum Gasteiger partial charge on any atom is -0.454 e. The maximum Gasteiger partial charge on any atom is 0.230 e. The van der Waals surface area contributed by atoms with Gasteiger partial charge in [-0.25, -0.2) is 0 Å². The van der Waals surface area contributed by atoms with Gasteiger partial charge in [0.1, 0.15) is 0 Å². The van der Waals surface area contributed by atoms with Crippen molar-refractivity contribution in [1.82, 2.24) is 0 Å². The molecule has 0 saturated carbocycles. The topological polar surface area (TPSA) is 9.23 Å². The Morgan fingerprint density at radius 3 is 2.54 bits per heavy atom. The maximum atomic E-state index is 5.36. The van der Waals surface area contributed by atoms with Crippen molar-refractivity contribution in [3.63, 3.8) is 0 Å². The molecule has 0 aliphatic rings. The maximum absolute atomic E-state index is 5.36. The second-order valence-corrected chi connectivity index (χ2v) is 7.78. The molecule has 0 unspecified atom stereocenters. The van der Waals surface area contributed by atoms with Gasteiger partial charge in [-0.2, -0.15) is 0 Å². The molecule has 1 aromatic rings. The first kappa shape index (κ1) is 10.4. The van der Waals surface area contributed by atoms with E-state index in [0.29, 0.717) is 0 Å². The quantitative estimate of drug-likeness (QED) is 0.684. The van der Waals surface area contributed by atoms with E-state index in [1.165, 1.54) is 5.19 Å². The molecule has 0 fully saturated rings. The van der Waals surface area contributed by atoms with Crippen molar-refractivity contribution in [1.29, 1.82) is 0 Å². The van der Waals surface area contributed by atoms with Crippen molar-refractivity contribution >= 4 is 30.1 Å². The number of rotatable bonds is 3. The van der Waals surface area contributed by atoms with Crippen molar-refractivity contribution in [3.05, 3.63) is 36.4 Å². The molecule has 0 spiro atoms. The summed E-state index contributed by atoms with van der Waals surface area (Å²) in [6, 6.07) is 8.20. The molecule has 13 heavy (non-hydrogen) atoms. The Morgan fingerprint density at radius 2 is 2.00 bits per heavy atom. The lowest BCUT2D eigenvalue weighted by Gasteiger charge is -2.22. The molecule has 0 aliphatic carbocycles. The minimum absolute atomic E-state index is 1.16. The van der Waals surface area contributed by atoms with Crippen LogP contribution in [-0.2, 0) is 4.12 Å². The highest BCUT2D eigenvalue weighted by Crippen LogP contribution is 2.08. The van der Waals surface area contributed by atoms with Crippen molar-refractivity contribution in [2.45, 2.75) is 13.1 Å². The predicted molar refractivity (Wildman–Crippen MR) is 60.5 cm³/mol. The van der Waals surface area contributed by atoms with Gasteiger partial charge in [-0.15, -0.1) is 0 Å². The van der Waals surface area contributed by atoms with Crippen LogP contribution < -0.4 is 5.19 Å². The first-order chi connectivity index (χ1) is 6.11. The molecule has 0 aliphatic heterocycles. The van der Waals surface area contributed by atoms with Gasteiger partial charge in [0, 0.05) is 0 Å². The second kappa shape index (κ2) is 4.04. The lowest BCUT2D eigenvalue weighted by Crippen LogP contribution is -2.45. The summed E-state index contributed by atoms with van der Waals surface area (Å²) in [5.74, 6) is 0. The van der Waals surface area contributed by atoms with Gasteiger partial charge in [0.15, 0.2) is 0 Å². The Kier molecular flexibility index (Phi) is 3.24. The fourth-order valence-corrected chi connectivity index (χ4v) is 3.10. The molecule has 3 radical (unpaired) electrons.